The molecular weight excluding hydrogens is 613 g/mol. The molecule has 14 heteroatoms. The van der Waals surface area contributed by atoms with E-state index in [9.17, 15) is 16.8 Å². The number of aromatic amines is 1. The molecule has 0 radical (unpaired) electrons. The predicted octanol–water partition coefficient (Wildman–Crippen LogP) is 2.99. The Kier molecular flexibility index (Phi) is 8.06. The van der Waals surface area contributed by atoms with E-state index in [2.05, 4.69) is 36.2 Å². The molecule has 6 heterocycles. The monoisotopic (exact) mass is 648 g/mol. The second-order valence-corrected chi connectivity index (χ2v) is 16.0. The Morgan fingerprint density at radius 3 is 2.56 bits per heavy atom. The van der Waals surface area contributed by atoms with Gasteiger partial charge in [0.2, 0.25) is 10.0 Å². The molecule has 12 nitrogen and oxygen atoms in total. The van der Waals surface area contributed by atoms with E-state index in [1.54, 1.807) is 10.4 Å². The van der Waals surface area contributed by atoms with Gasteiger partial charge in [-0.2, -0.15) is 4.31 Å². The number of piperidine rings is 1. The molecule has 7 rings (SSSR count). The maximum Gasteiger partial charge on any atom is 0.236 e. The van der Waals surface area contributed by atoms with Crippen molar-refractivity contribution in [2.45, 2.75) is 32.0 Å². The van der Waals surface area contributed by atoms with Crippen molar-refractivity contribution in [3.8, 4) is 11.3 Å². The third-order valence-corrected chi connectivity index (χ3v) is 12.0. The number of aromatic nitrogens is 4. The van der Waals surface area contributed by atoms with Crippen molar-refractivity contribution in [1.82, 2.24) is 29.1 Å². The molecule has 4 aromatic rings. The largest absolute Gasteiger partial charge is 0.379 e. The van der Waals surface area contributed by atoms with Crippen molar-refractivity contribution < 1.29 is 16.8 Å². The third-order valence-electron chi connectivity index (χ3n) is 8.77. The van der Waals surface area contributed by atoms with Crippen LogP contribution in [0.25, 0.3) is 22.3 Å². The van der Waals surface area contributed by atoms with Crippen LogP contribution in [0.5, 0.6) is 0 Å². The Bertz CT molecular complexity index is 1930. The molecule has 0 aliphatic carbocycles. The van der Waals surface area contributed by atoms with Crippen molar-refractivity contribution in [2.24, 2.45) is 0 Å². The van der Waals surface area contributed by atoms with Gasteiger partial charge in [-0.05, 0) is 60.8 Å². The van der Waals surface area contributed by atoms with Gasteiger partial charge in [0.25, 0.3) is 0 Å². The zero-order valence-corrected chi connectivity index (χ0v) is 26.5. The van der Waals surface area contributed by atoms with E-state index in [0.29, 0.717) is 26.2 Å². The number of nitrogens with zero attached hydrogens (tertiary/aromatic N) is 6. The van der Waals surface area contributed by atoms with Crippen molar-refractivity contribution >= 4 is 42.4 Å². The SMILES string of the molecule is O=S1(=O)CCN(c2ncnc3[nH]c(-c4ccc(NCc5cc(CN6CCC[C@@H](N7CC=CS7(=O)=O)C6)ccn5)cc4)cc23)CC1. The van der Waals surface area contributed by atoms with Gasteiger partial charge in [-0.25, -0.2) is 26.8 Å². The first kappa shape index (κ1) is 29.8. The van der Waals surface area contributed by atoms with Crippen LogP contribution in [0, 0.1) is 0 Å². The highest BCUT2D eigenvalue weighted by Gasteiger charge is 2.33. The number of rotatable bonds is 8. The minimum Gasteiger partial charge on any atom is -0.379 e. The Labute approximate surface area is 263 Å². The molecule has 45 heavy (non-hydrogen) atoms. The van der Waals surface area contributed by atoms with Gasteiger partial charge >= 0.3 is 0 Å². The number of sulfonamides is 1. The van der Waals surface area contributed by atoms with E-state index < -0.39 is 19.9 Å². The summed E-state index contributed by atoms with van der Waals surface area (Å²) in [6, 6.07) is 14.3. The highest BCUT2D eigenvalue weighted by Crippen LogP contribution is 2.30. The van der Waals surface area contributed by atoms with E-state index in [1.165, 1.54) is 11.7 Å². The van der Waals surface area contributed by atoms with Crippen LogP contribution < -0.4 is 10.2 Å². The summed E-state index contributed by atoms with van der Waals surface area (Å²) in [7, 11) is -6.26. The van der Waals surface area contributed by atoms with Gasteiger partial charge in [0.15, 0.2) is 9.84 Å². The Hall–Kier alpha value is -3.85. The molecule has 3 aliphatic heterocycles. The van der Waals surface area contributed by atoms with Crippen LogP contribution in [0.4, 0.5) is 11.5 Å². The molecule has 3 aliphatic rings. The number of nitrogens with one attached hydrogen (secondary N) is 2. The molecule has 2 fully saturated rings. The molecule has 1 aromatic carbocycles. The van der Waals surface area contributed by atoms with Gasteiger partial charge in [0.1, 0.15) is 17.8 Å². The van der Waals surface area contributed by atoms with Crippen LogP contribution in [0.2, 0.25) is 0 Å². The molecule has 0 bridgehead atoms. The van der Waals surface area contributed by atoms with Crippen molar-refractivity contribution in [1.29, 1.82) is 0 Å². The molecule has 0 amide bonds. The number of hydrogen-bond acceptors (Lipinski definition) is 10. The number of hydrogen-bond donors (Lipinski definition) is 2. The second kappa shape index (κ2) is 12.2. The first-order chi connectivity index (χ1) is 21.7. The molecule has 0 unspecified atom stereocenters. The zero-order chi connectivity index (χ0) is 31.0. The molecule has 3 aromatic heterocycles. The Morgan fingerprint density at radius 1 is 0.956 bits per heavy atom. The van der Waals surface area contributed by atoms with Crippen molar-refractivity contribution in [2.75, 3.05) is 54.4 Å². The summed E-state index contributed by atoms with van der Waals surface area (Å²) in [5.74, 6) is 1.02. The third kappa shape index (κ3) is 6.59. The second-order valence-electron chi connectivity index (χ2n) is 11.9. The minimum absolute atomic E-state index is 0.0137. The van der Waals surface area contributed by atoms with Crippen LogP contribution in [0.1, 0.15) is 24.1 Å². The van der Waals surface area contributed by atoms with E-state index in [4.69, 9.17) is 0 Å². The van der Waals surface area contributed by atoms with Gasteiger partial charge < -0.3 is 15.2 Å². The van der Waals surface area contributed by atoms with Gasteiger partial charge in [0, 0.05) is 61.8 Å². The quantitative estimate of drug-likeness (QED) is 0.293. The lowest BCUT2D eigenvalue weighted by molar-refractivity contribution is 0.149. The summed E-state index contributed by atoms with van der Waals surface area (Å²) in [6.45, 7) is 4.34. The molecule has 1 atom stereocenters. The topological polar surface area (TPSA) is 144 Å². The number of likely N-dealkylation sites (tertiary alicyclic amines) is 1. The summed E-state index contributed by atoms with van der Waals surface area (Å²) < 4.78 is 50.1. The minimum atomic E-state index is -3.28. The Balaban J connectivity index is 0.972. The van der Waals surface area contributed by atoms with E-state index >= 15 is 0 Å². The molecule has 2 saturated heterocycles. The molecule has 0 saturated carbocycles. The number of benzene rings is 1. The lowest BCUT2D eigenvalue weighted by atomic mass is 10.0. The van der Waals surface area contributed by atoms with Crippen LogP contribution in [-0.4, -0.2) is 96.2 Å². The van der Waals surface area contributed by atoms with E-state index in [0.717, 1.165) is 77.5 Å². The number of anilines is 2. The average Bonchev–Trinajstić information content (AvgIpc) is 3.63. The summed E-state index contributed by atoms with van der Waals surface area (Å²) in [5, 5.41) is 5.66. The Morgan fingerprint density at radius 2 is 1.78 bits per heavy atom. The number of H-pyrrole nitrogens is 1. The molecule has 236 valence electrons. The van der Waals surface area contributed by atoms with Crippen LogP contribution in [-0.2, 0) is 33.0 Å². The fourth-order valence-electron chi connectivity index (χ4n) is 6.42. The summed E-state index contributed by atoms with van der Waals surface area (Å²) >= 11 is 0. The fourth-order valence-corrected chi connectivity index (χ4v) is 8.99. The zero-order valence-electron chi connectivity index (χ0n) is 24.8. The normalized spacial score (nSPS) is 21.8. The lowest BCUT2D eigenvalue weighted by Gasteiger charge is -2.36. The fraction of sp³-hybridized carbons (Fsp3) is 0.387. The maximum absolute atomic E-state index is 12.4. The first-order valence-corrected chi connectivity index (χ1v) is 18.5. The van der Waals surface area contributed by atoms with Crippen molar-refractivity contribution in [3.63, 3.8) is 0 Å². The van der Waals surface area contributed by atoms with E-state index in [-0.39, 0.29) is 17.5 Å². The molecular formula is C31H36N8O4S2. The highest BCUT2D eigenvalue weighted by atomic mass is 32.2. The number of pyridine rings is 1. The van der Waals surface area contributed by atoms with Crippen LogP contribution >= 0.6 is 0 Å². The molecule has 2 N–H and O–H groups in total. The van der Waals surface area contributed by atoms with E-state index in [1.807, 2.05) is 47.5 Å². The van der Waals surface area contributed by atoms with Gasteiger partial charge in [0.05, 0.1) is 29.1 Å². The average molecular weight is 649 g/mol. The number of sulfone groups is 1. The van der Waals surface area contributed by atoms with Gasteiger partial charge in [-0.15, -0.1) is 0 Å². The van der Waals surface area contributed by atoms with Crippen LogP contribution in [0.15, 0.2) is 66.5 Å². The summed E-state index contributed by atoms with van der Waals surface area (Å²) in [5.41, 5.74) is 5.70. The van der Waals surface area contributed by atoms with Crippen molar-refractivity contribution in [3.05, 3.63) is 77.7 Å². The first-order valence-electron chi connectivity index (χ1n) is 15.2. The van der Waals surface area contributed by atoms with Gasteiger partial charge in [-0.1, -0.05) is 18.2 Å². The summed E-state index contributed by atoms with van der Waals surface area (Å²) in [6.07, 6.45) is 6.95. The van der Waals surface area contributed by atoms with Crippen LogP contribution in [0.3, 0.4) is 0 Å². The summed E-state index contributed by atoms with van der Waals surface area (Å²) in [4.78, 5) is 21.2. The standard InChI is InChI=1S/C31H36N8O4S2/c40-44(41)15-12-38(13-16-44)31-28-18-29(36-30(28)34-22-35-31)24-4-6-25(7-5-24)33-19-26-17-23(8-9-32-26)20-37-10-1-3-27(21-37)39-11-2-14-45(39,42)43/h2,4-9,14,17-18,22,27,33H,1,3,10-13,15-16,19-21H2,(H,34,35,36)/t27-/m1/s1. The smallest absolute Gasteiger partial charge is 0.236 e. The number of fused-ring (bicyclic) bond motifs is 1. The highest BCUT2D eigenvalue weighted by molar-refractivity contribution is 7.92. The lowest BCUT2D eigenvalue weighted by Crippen LogP contribution is -2.48. The van der Waals surface area contributed by atoms with Gasteiger partial charge in [-0.3, -0.25) is 9.88 Å². The molecule has 0 spiro atoms. The predicted molar refractivity (Wildman–Crippen MR) is 175 cm³/mol. The maximum atomic E-state index is 12.4.